The summed E-state index contributed by atoms with van der Waals surface area (Å²) in [7, 11) is 1.55. The average Bonchev–Trinajstić information content (AvgIpc) is 3.46. The Kier molecular flexibility index (Phi) is 11.3. The SMILES string of the molecule is COc1ccc(CN(CCNC(=O)OC(C)(C)C)C(=O)OCC2c3ccccc3-c3ccccc32)cc1Nc1cc(Nc2cccc(C(=O)O)c2)ncn1. The zero-order valence-electron chi connectivity index (χ0n) is 30.5. The maximum absolute atomic E-state index is 13.8. The molecule has 278 valence electrons. The second-order valence-electron chi connectivity index (χ2n) is 13.6. The normalized spacial score (nSPS) is 11.9. The second-order valence-corrected chi connectivity index (χ2v) is 13.6. The number of amides is 2. The molecule has 4 N–H and O–H groups in total. The first-order valence-corrected chi connectivity index (χ1v) is 17.4. The number of anilines is 4. The predicted molar refractivity (Wildman–Crippen MR) is 205 cm³/mol. The molecule has 13 nitrogen and oxygen atoms in total. The van der Waals surface area contributed by atoms with Gasteiger partial charge in [0.25, 0.3) is 0 Å². The Hall–Kier alpha value is -6.63. The highest BCUT2D eigenvalue weighted by Crippen LogP contribution is 2.44. The van der Waals surface area contributed by atoms with Gasteiger partial charge in [0.15, 0.2) is 0 Å². The summed E-state index contributed by atoms with van der Waals surface area (Å²) in [6.07, 6.45) is 0.254. The summed E-state index contributed by atoms with van der Waals surface area (Å²) in [6, 6.07) is 29.8. The number of carbonyl (C=O) groups excluding carboxylic acids is 2. The minimum Gasteiger partial charge on any atom is -0.495 e. The number of carboxylic acids is 1. The molecule has 1 heterocycles. The van der Waals surface area contributed by atoms with Crippen molar-refractivity contribution >= 4 is 41.2 Å². The van der Waals surface area contributed by atoms with Gasteiger partial charge in [-0.25, -0.2) is 24.4 Å². The first kappa shape index (κ1) is 37.1. The second kappa shape index (κ2) is 16.4. The molecule has 0 aliphatic heterocycles. The van der Waals surface area contributed by atoms with E-state index in [-0.39, 0.29) is 37.7 Å². The number of benzene rings is 4. The van der Waals surface area contributed by atoms with Crippen molar-refractivity contribution in [1.29, 1.82) is 0 Å². The number of hydrogen-bond donors (Lipinski definition) is 4. The van der Waals surface area contributed by atoms with Crippen LogP contribution in [0.1, 0.15) is 53.7 Å². The van der Waals surface area contributed by atoms with Crippen molar-refractivity contribution in [2.24, 2.45) is 0 Å². The van der Waals surface area contributed by atoms with E-state index in [1.165, 1.54) is 23.4 Å². The van der Waals surface area contributed by atoms with Crippen molar-refractivity contribution in [2.45, 2.75) is 38.8 Å². The lowest BCUT2D eigenvalue weighted by Gasteiger charge is -2.25. The molecule has 0 bridgehead atoms. The molecule has 4 aromatic carbocycles. The molecule has 0 spiro atoms. The van der Waals surface area contributed by atoms with Gasteiger partial charge in [0.2, 0.25) is 0 Å². The minimum atomic E-state index is -1.04. The molecule has 0 unspecified atom stereocenters. The number of fused-ring (bicyclic) bond motifs is 3. The summed E-state index contributed by atoms with van der Waals surface area (Å²) < 4.78 is 17.0. The number of alkyl carbamates (subject to hydrolysis) is 1. The lowest BCUT2D eigenvalue weighted by Crippen LogP contribution is -2.40. The maximum Gasteiger partial charge on any atom is 0.410 e. The molecule has 2 amide bonds. The first-order valence-electron chi connectivity index (χ1n) is 17.4. The van der Waals surface area contributed by atoms with Crippen LogP contribution in [0.25, 0.3) is 11.1 Å². The molecular formula is C41H42N6O7. The lowest BCUT2D eigenvalue weighted by atomic mass is 9.98. The van der Waals surface area contributed by atoms with Gasteiger partial charge in [0.1, 0.15) is 35.9 Å². The number of carbonyl (C=O) groups is 3. The number of hydrogen-bond acceptors (Lipinski definition) is 10. The summed E-state index contributed by atoms with van der Waals surface area (Å²) >= 11 is 0. The van der Waals surface area contributed by atoms with Crippen LogP contribution >= 0.6 is 0 Å². The Balaban J connectivity index is 1.19. The van der Waals surface area contributed by atoms with Crippen molar-refractivity contribution in [3.05, 3.63) is 126 Å². The Labute approximate surface area is 313 Å². The van der Waals surface area contributed by atoms with Crippen molar-refractivity contribution in [3.63, 3.8) is 0 Å². The van der Waals surface area contributed by atoms with Gasteiger partial charge in [-0.15, -0.1) is 0 Å². The van der Waals surface area contributed by atoms with E-state index in [1.807, 2.05) is 36.4 Å². The average molecular weight is 731 g/mol. The van der Waals surface area contributed by atoms with E-state index in [0.29, 0.717) is 28.8 Å². The number of nitrogens with zero attached hydrogens (tertiary/aromatic N) is 3. The molecule has 0 saturated carbocycles. The third-order valence-corrected chi connectivity index (χ3v) is 8.59. The van der Waals surface area contributed by atoms with Crippen molar-refractivity contribution in [3.8, 4) is 16.9 Å². The van der Waals surface area contributed by atoms with Gasteiger partial charge in [-0.3, -0.25) is 0 Å². The van der Waals surface area contributed by atoms with E-state index >= 15 is 0 Å². The van der Waals surface area contributed by atoms with Crippen molar-refractivity contribution < 1.29 is 33.7 Å². The number of nitrogens with one attached hydrogen (secondary N) is 3. The number of aromatic carboxylic acids is 1. The largest absolute Gasteiger partial charge is 0.495 e. The Morgan fingerprint density at radius 1 is 0.833 bits per heavy atom. The third kappa shape index (κ3) is 9.23. The Bertz CT molecular complexity index is 2110. The van der Waals surface area contributed by atoms with Gasteiger partial charge >= 0.3 is 18.2 Å². The van der Waals surface area contributed by atoms with Crippen LogP contribution < -0.4 is 20.7 Å². The molecule has 1 aliphatic rings. The van der Waals surface area contributed by atoms with E-state index in [2.05, 4.69) is 50.2 Å². The summed E-state index contributed by atoms with van der Waals surface area (Å²) in [6.45, 7) is 5.92. The van der Waals surface area contributed by atoms with Gasteiger partial charge in [-0.1, -0.05) is 60.7 Å². The Morgan fingerprint density at radius 3 is 2.19 bits per heavy atom. The fourth-order valence-electron chi connectivity index (χ4n) is 6.21. The van der Waals surface area contributed by atoms with E-state index < -0.39 is 23.8 Å². The van der Waals surface area contributed by atoms with Crippen LogP contribution in [0, 0.1) is 0 Å². The van der Waals surface area contributed by atoms with Crippen LogP contribution in [0.4, 0.5) is 32.6 Å². The highest BCUT2D eigenvalue weighted by atomic mass is 16.6. The van der Waals surface area contributed by atoms with Crippen LogP contribution in [0.5, 0.6) is 5.75 Å². The molecule has 1 aliphatic carbocycles. The highest BCUT2D eigenvalue weighted by Gasteiger charge is 2.30. The van der Waals surface area contributed by atoms with Crippen LogP contribution in [-0.4, -0.2) is 70.5 Å². The third-order valence-electron chi connectivity index (χ3n) is 8.59. The topological polar surface area (TPSA) is 164 Å². The van der Waals surface area contributed by atoms with Gasteiger partial charge in [0.05, 0.1) is 18.4 Å². The molecule has 0 fully saturated rings. The van der Waals surface area contributed by atoms with E-state index in [4.69, 9.17) is 14.2 Å². The summed E-state index contributed by atoms with van der Waals surface area (Å²) in [5.41, 5.74) is 5.81. The Morgan fingerprint density at radius 2 is 1.52 bits per heavy atom. The van der Waals surface area contributed by atoms with Crippen LogP contribution in [-0.2, 0) is 16.0 Å². The molecule has 0 radical (unpaired) electrons. The first-order chi connectivity index (χ1) is 26.0. The minimum absolute atomic E-state index is 0.117. The molecule has 1 aromatic heterocycles. The van der Waals surface area contributed by atoms with E-state index in [1.54, 1.807) is 52.1 Å². The molecule has 5 aromatic rings. The summed E-state index contributed by atoms with van der Waals surface area (Å²) in [4.78, 5) is 47.8. The van der Waals surface area contributed by atoms with E-state index in [0.717, 1.165) is 27.8 Å². The fourth-order valence-corrected chi connectivity index (χ4v) is 6.21. The van der Waals surface area contributed by atoms with Gasteiger partial charge in [-0.05, 0) is 78.9 Å². The number of methoxy groups -OCH3 is 1. The molecule has 0 atom stereocenters. The monoisotopic (exact) mass is 730 g/mol. The van der Waals surface area contributed by atoms with E-state index in [9.17, 15) is 19.5 Å². The highest BCUT2D eigenvalue weighted by molar-refractivity contribution is 5.89. The van der Waals surface area contributed by atoms with Gasteiger partial charge in [0, 0.05) is 37.3 Å². The zero-order chi connectivity index (χ0) is 38.2. The maximum atomic E-state index is 13.8. The van der Waals surface area contributed by atoms with Crippen molar-refractivity contribution in [1.82, 2.24) is 20.2 Å². The zero-order valence-corrected chi connectivity index (χ0v) is 30.5. The van der Waals surface area contributed by atoms with Gasteiger partial charge in [-0.2, -0.15) is 0 Å². The molecule has 0 saturated heterocycles. The number of ether oxygens (including phenoxy) is 3. The smallest absolute Gasteiger partial charge is 0.410 e. The number of aromatic nitrogens is 2. The van der Waals surface area contributed by atoms with Crippen LogP contribution in [0.3, 0.4) is 0 Å². The quantitative estimate of drug-likeness (QED) is 0.0930. The molecule has 13 heteroatoms. The lowest BCUT2D eigenvalue weighted by molar-refractivity contribution is 0.0514. The summed E-state index contributed by atoms with van der Waals surface area (Å²) in [5, 5.41) is 18.5. The standard InChI is InChI=1S/C41H42N6O7/c1-41(2,3)54-39(50)42-18-19-47(40(51)53-24-33-31-14-7-5-12-29(31)30-13-6-8-15-32(30)33)23-26-16-17-35(52-4)34(20-26)46-37-22-36(43-25-44-37)45-28-11-9-10-27(21-28)38(48)49/h5-17,20-22,25,33H,18-19,23-24H2,1-4H3,(H,42,50)(H,48,49)(H2,43,44,45,46). The molecule has 54 heavy (non-hydrogen) atoms. The molecule has 6 rings (SSSR count). The fraction of sp³-hybridized carbons (Fsp3) is 0.244. The predicted octanol–water partition coefficient (Wildman–Crippen LogP) is 7.95. The van der Waals surface area contributed by atoms with Crippen molar-refractivity contribution in [2.75, 3.05) is 37.4 Å². The van der Waals surface area contributed by atoms with Crippen LogP contribution in [0.2, 0.25) is 0 Å². The molecular weight excluding hydrogens is 688 g/mol. The summed E-state index contributed by atoms with van der Waals surface area (Å²) in [5.74, 6) is 0.247. The number of carboxylic acid groups (broad SMARTS) is 1. The van der Waals surface area contributed by atoms with Crippen LogP contribution in [0.15, 0.2) is 103 Å². The number of rotatable bonds is 13. The van der Waals surface area contributed by atoms with Gasteiger partial charge < -0.3 is 40.2 Å².